The van der Waals surface area contributed by atoms with Gasteiger partial charge in [-0.15, -0.1) is 0 Å². The average Bonchev–Trinajstić information content (AvgIpc) is 2.45. The van der Waals surface area contributed by atoms with Gasteiger partial charge < -0.3 is 0 Å². The molecule has 102 valence electrons. The second-order valence-electron chi connectivity index (χ2n) is 4.36. The predicted molar refractivity (Wildman–Crippen MR) is 83.3 cm³/mol. The van der Waals surface area contributed by atoms with Gasteiger partial charge in [-0.25, -0.2) is 4.39 Å². The van der Waals surface area contributed by atoms with Crippen molar-refractivity contribution in [3.8, 4) is 0 Å². The van der Waals surface area contributed by atoms with Gasteiger partial charge in [0.2, 0.25) is 0 Å². The lowest BCUT2D eigenvalue weighted by atomic mass is 10.00. The van der Waals surface area contributed by atoms with Crippen LogP contribution in [0.5, 0.6) is 0 Å². The highest BCUT2D eigenvalue weighted by Crippen LogP contribution is 2.20. The van der Waals surface area contributed by atoms with E-state index in [1.807, 2.05) is 24.3 Å². The van der Waals surface area contributed by atoms with Crippen LogP contribution in [0.15, 0.2) is 42.5 Å². The first-order chi connectivity index (χ1) is 9.61. The summed E-state index contributed by atoms with van der Waals surface area (Å²) >= 11 is 10.8. The molecular formula is C16H12ClFOS. The third-order valence-electron chi connectivity index (χ3n) is 3.04. The molecule has 0 amide bonds. The third kappa shape index (κ3) is 3.50. The standard InChI is InChI=1S/C16H12ClFOS/c17-15-9-13(18)6-7-14(15)16(19)8-5-11-3-1-2-4-12(11)10-20/h1-4,6-7,9-10H,5,8H2. The maximum Gasteiger partial charge on any atom is 0.164 e. The van der Waals surface area contributed by atoms with Gasteiger partial charge in [0.1, 0.15) is 5.82 Å². The summed E-state index contributed by atoms with van der Waals surface area (Å²) < 4.78 is 12.9. The van der Waals surface area contributed by atoms with Gasteiger partial charge >= 0.3 is 0 Å². The number of ketones is 1. The zero-order valence-corrected chi connectivity index (χ0v) is 12.2. The highest BCUT2D eigenvalue weighted by Gasteiger charge is 2.12. The van der Waals surface area contributed by atoms with Crippen LogP contribution >= 0.6 is 23.8 Å². The van der Waals surface area contributed by atoms with E-state index in [-0.39, 0.29) is 10.8 Å². The Balaban J connectivity index is 2.10. The summed E-state index contributed by atoms with van der Waals surface area (Å²) in [5.41, 5.74) is 2.32. The lowest BCUT2D eigenvalue weighted by Gasteiger charge is -2.06. The molecule has 0 bridgehead atoms. The molecule has 0 aliphatic rings. The van der Waals surface area contributed by atoms with Crippen molar-refractivity contribution in [1.82, 2.24) is 0 Å². The van der Waals surface area contributed by atoms with Gasteiger partial charge in [0.15, 0.2) is 5.78 Å². The number of benzene rings is 2. The minimum Gasteiger partial charge on any atom is -0.294 e. The van der Waals surface area contributed by atoms with E-state index >= 15 is 0 Å². The van der Waals surface area contributed by atoms with Crippen LogP contribution in [0.4, 0.5) is 4.39 Å². The largest absolute Gasteiger partial charge is 0.294 e. The Bertz CT molecular complexity index is 655. The minimum atomic E-state index is -0.447. The first-order valence-corrected chi connectivity index (χ1v) is 6.98. The van der Waals surface area contributed by atoms with Crippen LogP contribution in [-0.4, -0.2) is 11.2 Å². The Morgan fingerprint density at radius 3 is 2.70 bits per heavy atom. The second-order valence-corrected chi connectivity index (χ2v) is 5.01. The molecule has 0 saturated heterocycles. The van der Waals surface area contributed by atoms with Crippen molar-refractivity contribution >= 4 is 35.0 Å². The molecule has 0 atom stereocenters. The average molecular weight is 307 g/mol. The number of hydrogen-bond acceptors (Lipinski definition) is 2. The number of thiocarbonyl (C=S) groups is 1. The van der Waals surface area contributed by atoms with Gasteiger partial charge in [-0.05, 0) is 35.7 Å². The van der Waals surface area contributed by atoms with Gasteiger partial charge in [-0.1, -0.05) is 48.1 Å². The van der Waals surface area contributed by atoms with Gasteiger partial charge in [0, 0.05) is 17.4 Å². The Hall–Kier alpha value is -1.58. The van der Waals surface area contributed by atoms with E-state index < -0.39 is 5.82 Å². The molecule has 0 saturated carbocycles. The van der Waals surface area contributed by atoms with E-state index in [0.29, 0.717) is 18.4 Å². The lowest BCUT2D eigenvalue weighted by Crippen LogP contribution is -2.03. The predicted octanol–water partition coefficient (Wildman–Crippen LogP) is 4.64. The second kappa shape index (κ2) is 6.73. The maximum absolute atomic E-state index is 12.9. The summed E-state index contributed by atoms with van der Waals surface area (Å²) in [4.78, 5) is 12.1. The van der Waals surface area contributed by atoms with E-state index in [4.69, 9.17) is 23.8 Å². The molecule has 20 heavy (non-hydrogen) atoms. The number of carbonyl (C=O) groups is 1. The molecule has 0 aromatic heterocycles. The normalized spacial score (nSPS) is 10.3. The van der Waals surface area contributed by atoms with Crippen LogP contribution in [0.2, 0.25) is 5.02 Å². The van der Waals surface area contributed by atoms with Gasteiger partial charge in [0.25, 0.3) is 0 Å². The van der Waals surface area contributed by atoms with E-state index in [0.717, 1.165) is 17.2 Å². The number of carbonyl (C=O) groups excluding carboxylic acids is 1. The molecule has 0 unspecified atom stereocenters. The number of Topliss-reactive ketones (excluding diaryl/α,β-unsaturated/α-hetero) is 1. The van der Waals surface area contributed by atoms with Crippen LogP contribution in [0.1, 0.15) is 27.9 Å². The van der Waals surface area contributed by atoms with Crippen molar-refractivity contribution in [3.63, 3.8) is 0 Å². The fourth-order valence-electron chi connectivity index (χ4n) is 1.98. The van der Waals surface area contributed by atoms with Crippen LogP contribution < -0.4 is 0 Å². The Morgan fingerprint density at radius 1 is 1.25 bits per heavy atom. The molecule has 4 heteroatoms. The summed E-state index contributed by atoms with van der Waals surface area (Å²) in [5, 5.41) is 1.75. The quantitative estimate of drug-likeness (QED) is 0.591. The number of aryl methyl sites for hydroxylation is 1. The topological polar surface area (TPSA) is 17.1 Å². The first kappa shape index (κ1) is 14.8. The molecular weight excluding hydrogens is 295 g/mol. The molecule has 1 nitrogen and oxygen atoms in total. The molecule has 0 N–H and O–H groups in total. The van der Waals surface area contributed by atoms with E-state index in [1.165, 1.54) is 12.1 Å². The summed E-state index contributed by atoms with van der Waals surface area (Å²) in [6, 6.07) is 11.5. The van der Waals surface area contributed by atoms with Crippen molar-refractivity contribution in [2.75, 3.05) is 0 Å². The molecule has 0 aliphatic heterocycles. The molecule has 0 heterocycles. The van der Waals surface area contributed by atoms with E-state index in [9.17, 15) is 9.18 Å². The monoisotopic (exact) mass is 306 g/mol. The fraction of sp³-hybridized carbons (Fsp3) is 0.125. The molecule has 2 aromatic carbocycles. The van der Waals surface area contributed by atoms with Crippen molar-refractivity contribution < 1.29 is 9.18 Å². The van der Waals surface area contributed by atoms with Crippen LogP contribution in [0.3, 0.4) is 0 Å². The highest BCUT2D eigenvalue weighted by molar-refractivity contribution is 7.79. The van der Waals surface area contributed by atoms with E-state index in [1.54, 1.807) is 5.37 Å². The van der Waals surface area contributed by atoms with E-state index in [2.05, 4.69) is 0 Å². The minimum absolute atomic E-state index is 0.103. The first-order valence-electron chi connectivity index (χ1n) is 6.13. The Morgan fingerprint density at radius 2 is 2.00 bits per heavy atom. The maximum atomic E-state index is 12.9. The molecule has 0 spiro atoms. The molecule has 0 aliphatic carbocycles. The molecule has 0 fully saturated rings. The van der Waals surface area contributed by atoms with Crippen LogP contribution in [0, 0.1) is 5.82 Å². The number of hydrogen-bond donors (Lipinski definition) is 0. The molecule has 0 radical (unpaired) electrons. The number of halogens is 2. The number of rotatable bonds is 5. The van der Waals surface area contributed by atoms with Crippen LogP contribution in [0.25, 0.3) is 0 Å². The summed E-state index contributed by atoms with van der Waals surface area (Å²) in [6.07, 6.45) is 0.890. The smallest absolute Gasteiger partial charge is 0.164 e. The summed E-state index contributed by atoms with van der Waals surface area (Å²) in [5.74, 6) is -0.549. The Kier molecular flexibility index (Phi) is 4.99. The van der Waals surface area contributed by atoms with Crippen molar-refractivity contribution in [2.45, 2.75) is 12.8 Å². The van der Waals surface area contributed by atoms with Crippen molar-refractivity contribution in [3.05, 3.63) is 70.0 Å². The summed E-state index contributed by atoms with van der Waals surface area (Å²) in [7, 11) is 0. The fourth-order valence-corrected chi connectivity index (χ4v) is 2.48. The van der Waals surface area contributed by atoms with Gasteiger partial charge in [0.05, 0.1) is 5.02 Å². The molecule has 2 rings (SSSR count). The van der Waals surface area contributed by atoms with Crippen molar-refractivity contribution in [1.29, 1.82) is 0 Å². The lowest BCUT2D eigenvalue weighted by molar-refractivity contribution is 0.0983. The van der Waals surface area contributed by atoms with Gasteiger partial charge in [-0.2, -0.15) is 0 Å². The zero-order valence-electron chi connectivity index (χ0n) is 10.6. The van der Waals surface area contributed by atoms with Gasteiger partial charge in [-0.3, -0.25) is 4.79 Å². The zero-order chi connectivity index (χ0) is 14.5. The third-order valence-corrected chi connectivity index (χ3v) is 3.60. The van der Waals surface area contributed by atoms with Crippen LogP contribution in [-0.2, 0) is 6.42 Å². The Labute approximate surface area is 127 Å². The highest BCUT2D eigenvalue weighted by atomic mass is 35.5. The SMILES string of the molecule is O=C(CCc1ccccc1C=S)c1ccc(F)cc1Cl. The molecule has 2 aromatic rings. The van der Waals surface area contributed by atoms with Crippen molar-refractivity contribution in [2.24, 2.45) is 0 Å². The summed E-state index contributed by atoms with van der Waals surface area (Å²) in [6.45, 7) is 0.